The molecule has 0 radical (unpaired) electrons. The standard InChI is InChI=1S/C27H27N5O2/c1-20-4-2-5-21(16-20)18-26(33)32-14-12-31(13-15-32)25-10-8-23(9-11-25)29-27(34)30-24-7-3-6-22(17-24)19-28/h2-11,16-17H,12-15,18H2,1H3,(H2,29,30,34). The van der Waals surface area contributed by atoms with Crippen LogP contribution in [0.1, 0.15) is 16.7 Å². The minimum atomic E-state index is -0.372. The summed E-state index contributed by atoms with van der Waals surface area (Å²) in [7, 11) is 0. The van der Waals surface area contributed by atoms with E-state index in [2.05, 4.69) is 27.7 Å². The first kappa shape index (κ1) is 22.9. The molecule has 1 saturated heterocycles. The van der Waals surface area contributed by atoms with Crippen LogP contribution < -0.4 is 15.5 Å². The highest BCUT2D eigenvalue weighted by Gasteiger charge is 2.21. The fourth-order valence-corrected chi connectivity index (χ4v) is 4.04. The molecule has 0 saturated carbocycles. The Kier molecular flexibility index (Phi) is 7.09. The summed E-state index contributed by atoms with van der Waals surface area (Å²) in [5.74, 6) is 0.163. The van der Waals surface area contributed by atoms with Gasteiger partial charge in [0.05, 0.1) is 18.1 Å². The van der Waals surface area contributed by atoms with E-state index in [4.69, 9.17) is 5.26 Å². The van der Waals surface area contributed by atoms with Crippen molar-refractivity contribution < 1.29 is 9.59 Å². The van der Waals surface area contributed by atoms with E-state index in [-0.39, 0.29) is 11.9 Å². The van der Waals surface area contributed by atoms with Crippen LogP contribution >= 0.6 is 0 Å². The number of amides is 3. The Hall–Kier alpha value is -4.31. The van der Waals surface area contributed by atoms with Gasteiger partial charge < -0.3 is 20.4 Å². The molecule has 1 heterocycles. The van der Waals surface area contributed by atoms with Crippen molar-refractivity contribution in [2.45, 2.75) is 13.3 Å². The number of hydrogen-bond acceptors (Lipinski definition) is 4. The topological polar surface area (TPSA) is 88.5 Å². The van der Waals surface area contributed by atoms with Crippen LogP contribution in [-0.2, 0) is 11.2 Å². The Morgan fingerprint density at radius 1 is 0.882 bits per heavy atom. The Balaban J connectivity index is 1.27. The summed E-state index contributed by atoms with van der Waals surface area (Å²) in [6.07, 6.45) is 0.435. The fourth-order valence-electron chi connectivity index (χ4n) is 4.04. The van der Waals surface area contributed by atoms with Crippen molar-refractivity contribution in [1.29, 1.82) is 5.26 Å². The number of piperazine rings is 1. The van der Waals surface area contributed by atoms with Crippen LogP contribution in [0.25, 0.3) is 0 Å². The van der Waals surface area contributed by atoms with Gasteiger partial charge in [-0.05, 0) is 55.0 Å². The molecule has 4 rings (SSSR count). The van der Waals surface area contributed by atoms with Gasteiger partial charge in [-0.1, -0.05) is 35.9 Å². The fraction of sp³-hybridized carbons (Fsp3) is 0.222. The maximum absolute atomic E-state index is 12.7. The summed E-state index contributed by atoms with van der Waals surface area (Å²) in [6, 6.07) is 24.2. The number of carbonyl (C=O) groups is 2. The normalized spacial score (nSPS) is 13.2. The molecule has 7 heteroatoms. The lowest BCUT2D eigenvalue weighted by atomic mass is 10.1. The largest absolute Gasteiger partial charge is 0.368 e. The van der Waals surface area contributed by atoms with Crippen molar-refractivity contribution in [2.24, 2.45) is 0 Å². The Labute approximate surface area is 199 Å². The van der Waals surface area contributed by atoms with Crippen LogP contribution in [0.3, 0.4) is 0 Å². The predicted molar refractivity (Wildman–Crippen MR) is 134 cm³/mol. The molecule has 34 heavy (non-hydrogen) atoms. The highest BCUT2D eigenvalue weighted by Crippen LogP contribution is 2.20. The molecule has 1 aliphatic heterocycles. The van der Waals surface area contributed by atoms with Gasteiger partial charge in [0.15, 0.2) is 0 Å². The van der Waals surface area contributed by atoms with E-state index < -0.39 is 0 Å². The third kappa shape index (κ3) is 5.93. The second-order valence-corrected chi connectivity index (χ2v) is 8.35. The monoisotopic (exact) mass is 453 g/mol. The highest BCUT2D eigenvalue weighted by atomic mass is 16.2. The van der Waals surface area contributed by atoms with E-state index in [9.17, 15) is 9.59 Å². The molecule has 3 aromatic carbocycles. The van der Waals surface area contributed by atoms with Gasteiger partial charge in [0, 0.05) is 43.2 Å². The second-order valence-electron chi connectivity index (χ2n) is 8.35. The van der Waals surface area contributed by atoms with Crippen LogP contribution in [0, 0.1) is 18.3 Å². The maximum Gasteiger partial charge on any atom is 0.323 e. The van der Waals surface area contributed by atoms with Crippen molar-refractivity contribution in [3.63, 3.8) is 0 Å². The van der Waals surface area contributed by atoms with Crippen molar-refractivity contribution in [1.82, 2.24) is 4.90 Å². The predicted octanol–water partition coefficient (Wildman–Crippen LogP) is 4.40. The molecule has 3 amide bonds. The highest BCUT2D eigenvalue weighted by molar-refractivity contribution is 5.99. The van der Waals surface area contributed by atoms with Gasteiger partial charge in [0.2, 0.25) is 5.91 Å². The average molecular weight is 454 g/mol. The summed E-state index contributed by atoms with van der Waals surface area (Å²) in [5.41, 5.74) is 4.99. The number of anilines is 3. The number of rotatable bonds is 5. The summed E-state index contributed by atoms with van der Waals surface area (Å²) in [5, 5.41) is 14.5. The minimum absolute atomic E-state index is 0.163. The van der Waals surface area contributed by atoms with E-state index in [1.54, 1.807) is 24.3 Å². The number of nitrogens with one attached hydrogen (secondary N) is 2. The molecule has 1 aliphatic rings. The number of urea groups is 1. The first-order valence-electron chi connectivity index (χ1n) is 11.3. The number of hydrogen-bond donors (Lipinski definition) is 2. The zero-order chi connectivity index (χ0) is 23.9. The smallest absolute Gasteiger partial charge is 0.323 e. The van der Waals surface area contributed by atoms with Crippen molar-refractivity contribution in [3.8, 4) is 6.07 Å². The molecule has 3 aromatic rings. The average Bonchev–Trinajstić information content (AvgIpc) is 2.84. The molecule has 0 aromatic heterocycles. The molecular weight excluding hydrogens is 426 g/mol. The quantitative estimate of drug-likeness (QED) is 0.599. The van der Waals surface area contributed by atoms with E-state index in [0.717, 1.165) is 24.3 Å². The molecule has 1 fully saturated rings. The number of nitriles is 1. The van der Waals surface area contributed by atoms with Gasteiger partial charge in [-0.25, -0.2) is 4.79 Å². The number of benzene rings is 3. The molecule has 0 aliphatic carbocycles. The second kappa shape index (κ2) is 10.5. The molecule has 0 spiro atoms. The molecule has 2 N–H and O–H groups in total. The maximum atomic E-state index is 12.7. The minimum Gasteiger partial charge on any atom is -0.368 e. The van der Waals surface area contributed by atoms with E-state index in [0.29, 0.717) is 36.4 Å². The molecule has 0 bridgehead atoms. The van der Waals surface area contributed by atoms with Gasteiger partial charge in [-0.15, -0.1) is 0 Å². The third-order valence-electron chi connectivity index (χ3n) is 5.81. The van der Waals surface area contributed by atoms with Gasteiger partial charge in [-0.2, -0.15) is 5.26 Å². The molecule has 0 atom stereocenters. The van der Waals surface area contributed by atoms with E-state index >= 15 is 0 Å². The lowest BCUT2D eigenvalue weighted by Gasteiger charge is -2.36. The van der Waals surface area contributed by atoms with Crippen molar-refractivity contribution in [3.05, 3.63) is 89.5 Å². The van der Waals surface area contributed by atoms with Gasteiger partial charge in [0.1, 0.15) is 0 Å². The molecular formula is C27H27N5O2. The van der Waals surface area contributed by atoms with Gasteiger partial charge >= 0.3 is 6.03 Å². The Morgan fingerprint density at radius 3 is 2.29 bits per heavy atom. The lowest BCUT2D eigenvalue weighted by Crippen LogP contribution is -2.49. The van der Waals surface area contributed by atoms with Crippen LogP contribution in [-0.4, -0.2) is 43.0 Å². The number of nitrogens with zero attached hydrogens (tertiary/aromatic N) is 3. The van der Waals surface area contributed by atoms with Gasteiger partial charge in [0.25, 0.3) is 0 Å². The molecule has 0 unspecified atom stereocenters. The van der Waals surface area contributed by atoms with E-state index in [1.165, 1.54) is 5.56 Å². The van der Waals surface area contributed by atoms with Crippen LogP contribution in [0.4, 0.5) is 21.9 Å². The SMILES string of the molecule is Cc1cccc(CC(=O)N2CCN(c3ccc(NC(=O)Nc4cccc(C#N)c4)cc3)CC2)c1. The van der Waals surface area contributed by atoms with E-state index in [1.807, 2.05) is 54.3 Å². The first-order valence-corrected chi connectivity index (χ1v) is 11.3. The molecule has 7 nitrogen and oxygen atoms in total. The van der Waals surface area contributed by atoms with Crippen LogP contribution in [0.5, 0.6) is 0 Å². The number of carbonyl (C=O) groups excluding carboxylic acids is 2. The Bertz CT molecular complexity index is 1210. The van der Waals surface area contributed by atoms with Crippen molar-refractivity contribution in [2.75, 3.05) is 41.7 Å². The van der Waals surface area contributed by atoms with Crippen LogP contribution in [0.2, 0.25) is 0 Å². The Morgan fingerprint density at radius 2 is 1.59 bits per heavy atom. The summed E-state index contributed by atoms with van der Waals surface area (Å²) < 4.78 is 0. The summed E-state index contributed by atoms with van der Waals surface area (Å²) in [4.78, 5) is 29.1. The van der Waals surface area contributed by atoms with Crippen LogP contribution in [0.15, 0.2) is 72.8 Å². The number of aryl methyl sites for hydroxylation is 1. The zero-order valence-electron chi connectivity index (χ0n) is 19.1. The molecule has 172 valence electrons. The summed E-state index contributed by atoms with van der Waals surface area (Å²) in [6.45, 7) is 4.95. The lowest BCUT2D eigenvalue weighted by molar-refractivity contribution is -0.130. The van der Waals surface area contributed by atoms with Crippen molar-refractivity contribution >= 4 is 29.0 Å². The van der Waals surface area contributed by atoms with Gasteiger partial charge in [-0.3, -0.25) is 4.79 Å². The summed E-state index contributed by atoms with van der Waals surface area (Å²) >= 11 is 0. The zero-order valence-corrected chi connectivity index (χ0v) is 19.1. The first-order chi connectivity index (χ1) is 16.5. The third-order valence-corrected chi connectivity index (χ3v) is 5.81.